The van der Waals surface area contributed by atoms with Gasteiger partial charge in [-0.15, -0.1) is 0 Å². The zero-order valence-corrected chi connectivity index (χ0v) is 21.2. The number of hydrogen-bond acceptors (Lipinski definition) is 1. The molecule has 194 valence electrons. The van der Waals surface area contributed by atoms with Crippen molar-refractivity contribution >= 4 is 18.1 Å². The zero-order chi connectivity index (χ0) is 27.3. The molecule has 0 aliphatic carbocycles. The molecule has 0 aliphatic heterocycles. The minimum atomic E-state index is -4.42. The van der Waals surface area contributed by atoms with E-state index in [0.29, 0.717) is 23.1 Å². The van der Waals surface area contributed by atoms with E-state index in [0.717, 1.165) is 34.4 Å². The van der Waals surface area contributed by atoms with Crippen LogP contribution in [0.5, 0.6) is 0 Å². The van der Waals surface area contributed by atoms with E-state index in [9.17, 15) is 23.1 Å². The van der Waals surface area contributed by atoms with Gasteiger partial charge in [-0.3, -0.25) is 4.79 Å². The number of alkyl halides is 3. The lowest BCUT2D eigenvalue weighted by Gasteiger charge is -2.17. The van der Waals surface area contributed by atoms with Crippen molar-refractivity contribution in [2.45, 2.75) is 32.4 Å². The first-order valence-electron chi connectivity index (χ1n) is 12.5. The molecule has 4 aromatic carbocycles. The monoisotopic (exact) mass is 514 g/mol. The van der Waals surface area contributed by atoms with E-state index in [2.05, 4.69) is 12.1 Å². The number of carboxylic acid groups (broad SMARTS) is 1. The van der Waals surface area contributed by atoms with E-state index in [1.54, 1.807) is 6.07 Å². The smallest absolute Gasteiger partial charge is 0.416 e. The average molecular weight is 515 g/mol. The van der Waals surface area contributed by atoms with Crippen LogP contribution in [0.15, 0.2) is 97.1 Å². The van der Waals surface area contributed by atoms with Crippen LogP contribution in [0.3, 0.4) is 0 Å². The van der Waals surface area contributed by atoms with Crippen molar-refractivity contribution in [1.29, 1.82) is 0 Å². The molecule has 0 bridgehead atoms. The Morgan fingerprint density at radius 1 is 0.737 bits per heavy atom. The van der Waals surface area contributed by atoms with Crippen molar-refractivity contribution in [1.82, 2.24) is 0 Å². The summed E-state index contributed by atoms with van der Waals surface area (Å²) in [4.78, 5) is 12.1. The Kier molecular flexibility index (Phi) is 8.16. The Hall–Kier alpha value is -4.12. The Labute approximate surface area is 221 Å². The lowest BCUT2D eigenvalue weighted by Crippen LogP contribution is -2.14. The third-order valence-electron chi connectivity index (χ3n) is 6.42. The molecule has 5 heteroatoms. The standard InChI is InChI=1S/C33H29F3O2/c1-22(2)18-31(32(37)38)29-20-24(19-28(21-29)27-14-16-30(17-15-27)33(34,35)36)9-8-23-10-12-26(13-11-23)25-6-4-3-5-7-25/h3-17,19-22,31H,18H2,1-2H3,(H,37,38). The van der Waals surface area contributed by atoms with Gasteiger partial charge in [-0.05, 0) is 69.5 Å². The molecule has 0 amide bonds. The fourth-order valence-electron chi connectivity index (χ4n) is 4.45. The van der Waals surface area contributed by atoms with Crippen LogP contribution in [0.2, 0.25) is 0 Å². The lowest BCUT2D eigenvalue weighted by atomic mass is 9.87. The van der Waals surface area contributed by atoms with Crippen LogP contribution < -0.4 is 0 Å². The molecular weight excluding hydrogens is 485 g/mol. The van der Waals surface area contributed by atoms with E-state index in [-0.39, 0.29) is 5.92 Å². The third-order valence-corrected chi connectivity index (χ3v) is 6.42. The van der Waals surface area contributed by atoms with Gasteiger partial charge >= 0.3 is 12.1 Å². The maximum Gasteiger partial charge on any atom is 0.416 e. The first kappa shape index (κ1) is 26.9. The molecule has 0 heterocycles. The van der Waals surface area contributed by atoms with Crippen LogP contribution in [-0.2, 0) is 11.0 Å². The third kappa shape index (κ3) is 6.80. The van der Waals surface area contributed by atoms with E-state index >= 15 is 0 Å². The number of carboxylic acids is 1. The number of hydrogen-bond donors (Lipinski definition) is 1. The van der Waals surface area contributed by atoms with Gasteiger partial charge in [0.15, 0.2) is 0 Å². The average Bonchev–Trinajstić information content (AvgIpc) is 2.90. The summed E-state index contributed by atoms with van der Waals surface area (Å²) in [6.07, 6.45) is -0.114. The van der Waals surface area contributed by atoms with Crippen molar-refractivity contribution in [2.75, 3.05) is 0 Å². The summed E-state index contributed by atoms with van der Waals surface area (Å²) in [7, 11) is 0. The highest BCUT2D eigenvalue weighted by Crippen LogP contribution is 2.34. The predicted octanol–water partition coefficient (Wildman–Crippen LogP) is 9.42. The minimum absolute atomic E-state index is 0.160. The highest BCUT2D eigenvalue weighted by Gasteiger charge is 2.30. The van der Waals surface area contributed by atoms with Gasteiger partial charge in [-0.2, -0.15) is 13.2 Å². The summed E-state index contributed by atoms with van der Waals surface area (Å²) in [5.41, 5.74) is 5.15. The molecule has 0 radical (unpaired) electrons. The molecule has 0 saturated heterocycles. The van der Waals surface area contributed by atoms with Gasteiger partial charge in [0.05, 0.1) is 11.5 Å². The van der Waals surface area contributed by atoms with Gasteiger partial charge in [0, 0.05) is 0 Å². The molecular formula is C33H29F3O2. The molecule has 1 atom stereocenters. The molecule has 1 unspecified atom stereocenters. The van der Waals surface area contributed by atoms with Crippen molar-refractivity contribution in [3.63, 3.8) is 0 Å². The molecule has 4 aromatic rings. The summed E-state index contributed by atoms with van der Waals surface area (Å²) in [6, 6.07) is 28.6. The molecule has 0 spiro atoms. The lowest BCUT2D eigenvalue weighted by molar-refractivity contribution is -0.139. The van der Waals surface area contributed by atoms with E-state index < -0.39 is 23.6 Å². The molecule has 0 fully saturated rings. The second-order valence-electron chi connectivity index (χ2n) is 9.81. The maximum absolute atomic E-state index is 13.1. The molecule has 0 aliphatic rings. The molecule has 0 saturated carbocycles. The van der Waals surface area contributed by atoms with E-state index in [4.69, 9.17) is 0 Å². The number of carbonyl (C=O) groups is 1. The van der Waals surface area contributed by atoms with Gasteiger partial charge < -0.3 is 5.11 Å². The Morgan fingerprint density at radius 3 is 1.87 bits per heavy atom. The van der Waals surface area contributed by atoms with Crippen molar-refractivity contribution in [3.05, 3.63) is 119 Å². The highest BCUT2D eigenvalue weighted by atomic mass is 19.4. The number of rotatable bonds is 8. The molecule has 4 rings (SSSR count). The largest absolute Gasteiger partial charge is 0.481 e. The fraction of sp³-hybridized carbons (Fsp3) is 0.182. The second kappa shape index (κ2) is 11.5. The fourth-order valence-corrected chi connectivity index (χ4v) is 4.45. The van der Waals surface area contributed by atoms with Crippen LogP contribution in [0.1, 0.15) is 48.4 Å². The van der Waals surface area contributed by atoms with Crippen molar-refractivity contribution < 1.29 is 23.1 Å². The maximum atomic E-state index is 13.1. The van der Waals surface area contributed by atoms with Gasteiger partial charge in [0.1, 0.15) is 0 Å². The summed E-state index contributed by atoms with van der Waals surface area (Å²) < 4.78 is 39.2. The highest BCUT2D eigenvalue weighted by molar-refractivity contribution is 5.80. The van der Waals surface area contributed by atoms with Crippen LogP contribution in [0, 0.1) is 5.92 Å². The quantitative estimate of drug-likeness (QED) is 0.238. The molecule has 0 aromatic heterocycles. The van der Waals surface area contributed by atoms with Gasteiger partial charge in [0.25, 0.3) is 0 Å². The Bertz CT molecular complexity index is 1400. The summed E-state index contributed by atoms with van der Waals surface area (Å²) in [5, 5.41) is 9.94. The van der Waals surface area contributed by atoms with E-state index in [1.165, 1.54) is 12.1 Å². The number of aliphatic carboxylic acids is 1. The first-order chi connectivity index (χ1) is 18.1. The van der Waals surface area contributed by atoms with Crippen LogP contribution in [0.25, 0.3) is 34.4 Å². The van der Waals surface area contributed by atoms with Crippen molar-refractivity contribution in [3.8, 4) is 22.3 Å². The van der Waals surface area contributed by atoms with Gasteiger partial charge in [-0.1, -0.05) is 105 Å². The Balaban J connectivity index is 1.70. The molecule has 38 heavy (non-hydrogen) atoms. The summed E-state index contributed by atoms with van der Waals surface area (Å²) >= 11 is 0. The van der Waals surface area contributed by atoms with Crippen LogP contribution in [0.4, 0.5) is 13.2 Å². The van der Waals surface area contributed by atoms with E-state index in [1.807, 2.05) is 80.6 Å². The number of benzene rings is 4. The minimum Gasteiger partial charge on any atom is -0.481 e. The molecule has 1 N–H and O–H groups in total. The van der Waals surface area contributed by atoms with Crippen molar-refractivity contribution in [2.24, 2.45) is 5.92 Å². The van der Waals surface area contributed by atoms with Gasteiger partial charge in [0.2, 0.25) is 0 Å². The zero-order valence-electron chi connectivity index (χ0n) is 21.2. The van der Waals surface area contributed by atoms with Gasteiger partial charge in [-0.25, -0.2) is 0 Å². The molecule has 2 nitrogen and oxygen atoms in total. The Morgan fingerprint density at radius 2 is 1.29 bits per heavy atom. The first-order valence-corrected chi connectivity index (χ1v) is 12.5. The number of halogens is 3. The van der Waals surface area contributed by atoms with Crippen LogP contribution in [-0.4, -0.2) is 11.1 Å². The van der Waals surface area contributed by atoms with Crippen LogP contribution >= 0.6 is 0 Å². The topological polar surface area (TPSA) is 37.3 Å². The summed E-state index contributed by atoms with van der Waals surface area (Å²) in [6.45, 7) is 3.94. The SMILES string of the molecule is CC(C)CC(C(=O)O)c1cc(C=Cc2ccc(-c3ccccc3)cc2)cc(-c2ccc(C(F)(F)F)cc2)c1. The predicted molar refractivity (Wildman–Crippen MR) is 148 cm³/mol. The second-order valence-corrected chi connectivity index (χ2v) is 9.81. The summed E-state index contributed by atoms with van der Waals surface area (Å²) in [5.74, 6) is -1.48. The normalized spacial score (nSPS) is 12.7.